The largest absolute Gasteiger partial charge is 0.507 e. The van der Waals surface area contributed by atoms with Gasteiger partial charge in [-0.2, -0.15) is 13.2 Å². The van der Waals surface area contributed by atoms with Gasteiger partial charge in [-0.3, -0.25) is 4.79 Å². The van der Waals surface area contributed by atoms with E-state index in [9.17, 15) is 23.1 Å². The molecule has 0 saturated carbocycles. The summed E-state index contributed by atoms with van der Waals surface area (Å²) in [5.41, 5.74) is -2.17. The molecule has 4 N–H and O–H groups in total. The first-order valence-corrected chi connectivity index (χ1v) is 6.20. The molecule has 0 aromatic heterocycles. The van der Waals surface area contributed by atoms with Crippen LogP contribution in [0.5, 0.6) is 5.75 Å². The highest BCUT2D eigenvalue weighted by Crippen LogP contribution is 2.39. The zero-order chi connectivity index (χ0) is 15.1. The molecule has 0 spiro atoms. The van der Waals surface area contributed by atoms with Crippen LogP contribution in [0.4, 0.5) is 13.2 Å². The summed E-state index contributed by atoms with van der Waals surface area (Å²) in [5, 5.41) is 13.0. The number of nitrogens with two attached hydrogens (primary N) is 1. The van der Waals surface area contributed by atoms with Gasteiger partial charge in [0.05, 0.1) is 13.1 Å². The molecule has 1 aromatic carbocycles. The molecule has 1 atom stereocenters. The Balaban J connectivity index is 2.67. The van der Waals surface area contributed by atoms with Gasteiger partial charge in [-0.1, -0.05) is 0 Å². The second kappa shape index (κ2) is 4.66. The van der Waals surface area contributed by atoms with Crippen LogP contribution in [0.2, 0.25) is 0 Å². The van der Waals surface area contributed by atoms with Crippen LogP contribution in [0.1, 0.15) is 16.7 Å². The van der Waals surface area contributed by atoms with E-state index in [2.05, 4.69) is 5.32 Å². The van der Waals surface area contributed by atoms with E-state index in [0.29, 0.717) is 11.1 Å². The lowest BCUT2D eigenvalue weighted by molar-refractivity contribution is -0.750. The van der Waals surface area contributed by atoms with Gasteiger partial charge >= 0.3 is 6.18 Å². The number of alkyl halides is 3. The van der Waals surface area contributed by atoms with Crippen LogP contribution in [-0.2, 0) is 10.3 Å². The number of piperazine rings is 1. The molecule has 1 heterocycles. The summed E-state index contributed by atoms with van der Waals surface area (Å²) in [6.07, 6.45) is -4.73. The van der Waals surface area contributed by atoms with Gasteiger partial charge in [-0.05, 0) is 37.1 Å². The number of benzene rings is 1. The topological polar surface area (TPSA) is 65.9 Å². The lowest BCUT2D eigenvalue weighted by Crippen LogP contribution is -3.04. The minimum absolute atomic E-state index is 0.0534. The van der Waals surface area contributed by atoms with E-state index in [1.54, 1.807) is 0 Å². The Bertz CT molecular complexity index is 534. The average Bonchev–Trinajstić information content (AvgIpc) is 2.34. The highest BCUT2D eigenvalue weighted by Gasteiger charge is 2.66. The van der Waals surface area contributed by atoms with Crippen LogP contribution in [0.15, 0.2) is 12.1 Å². The molecule has 1 amide bonds. The number of nitrogens with one attached hydrogen (secondary N) is 1. The molecule has 2 rings (SSSR count). The fourth-order valence-electron chi connectivity index (χ4n) is 2.55. The van der Waals surface area contributed by atoms with Crippen LogP contribution in [0, 0.1) is 13.8 Å². The maximum Gasteiger partial charge on any atom is 0.458 e. The van der Waals surface area contributed by atoms with E-state index in [0.717, 1.165) is 5.32 Å². The zero-order valence-corrected chi connectivity index (χ0v) is 11.1. The predicted octanol–water partition coefficient (Wildman–Crippen LogP) is 0.460. The minimum Gasteiger partial charge on any atom is -0.507 e. The van der Waals surface area contributed by atoms with E-state index in [1.807, 2.05) is 0 Å². The second-order valence-corrected chi connectivity index (χ2v) is 5.01. The molecule has 1 aromatic rings. The van der Waals surface area contributed by atoms with Gasteiger partial charge in [0.2, 0.25) is 0 Å². The van der Waals surface area contributed by atoms with Crippen molar-refractivity contribution >= 4 is 5.91 Å². The van der Waals surface area contributed by atoms with Gasteiger partial charge in [0.25, 0.3) is 11.4 Å². The summed E-state index contributed by atoms with van der Waals surface area (Å²) in [6.45, 7) is 3.37. The van der Waals surface area contributed by atoms with Gasteiger partial charge in [0, 0.05) is 5.56 Å². The van der Waals surface area contributed by atoms with Gasteiger partial charge in [-0.25, -0.2) is 0 Å². The van der Waals surface area contributed by atoms with Crippen molar-refractivity contribution in [1.29, 1.82) is 0 Å². The fourth-order valence-corrected chi connectivity index (χ4v) is 2.55. The fraction of sp³-hybridized carbons (Fsp3) is 0.462. The molecule has 0 bridgehead atoms. The number of aryl methyl sites for hydroxylation is 2. The monoisotopic (exact) mass is 289 g/mol. The van der Waals surface area contributed by atoms with E-state index >= 15 is 0 Å². The van der Waals surface area contributed by atoms with Gasteiger partial charge < -0.3 is 15.7 Å². The Morgan fingerprint density at radius 2 is 1.85 bits per heavy atom. The molecular formula is C13H16F3N2O2+. The van der Waals surface area contributed by atoms with Crippen molar-refractivity contribution < 1.29 is 28.4 Å². The number of hydrogen-bond donors (Lipinski definition) is 3. The lowest BCUT2D eigenvalue weighted by Gasteiger charge is -2.35. The Morgan fingerprint density at radius 1 is 1.30 bits per heavy atom. The van der Waals surface area contributed by atoms with Gasteiger partial charge in [0.15, 0.2) is 0 Å². The zero-order valence-electron chi connectivity index (χ0n) is 11.1. The number of quaternary nitrogens is 1. The Labute approximate surface area is 114 Å². The number of rotatable bonds is 1. The molecule has 0 radical (unpaired) electrons. The molecule has 0 aliphatic carbocycles. The summed E-state index contributed by atoms with van der Waals surface area (Å²) in [6, 6.07) is 2.44. The third-order valence-corrected chi connectivity index (χ3v) is 3.63. The van der Waals surface area contributed by atoms with Crippen LogP contribution in [0.3, 0.4) is 0 Å². The maximum atomic E-state index is 13.5. The molecule has 1 aliphatic heterocycles. The summed E-state index contributed by atoms with van der Waals surface area (Å²) in [4.78, 5) is 11.9. The molecule has 1 saturated heterocycles. The van der Waals surface area contributed by atoms with Crippen molar-refractivity contribution in [2.45, 2.75) is 25.6 Å². The van der Waals surface area contributed by atoms with E-state index in [1.165, 1.54) is 26.0 Å². The molecule has 4 nitrogen and oxygen atoms in total. The maximum absolute atomic E-state index is 13.5. The van der Waals surface area contributed by atoms with Crippen molar-refractivity contribution in [2.75, 3.05) is 13.1 Å². The van der Waals surface area contributed by atoms with Crippen molar-refractivity contribution in [3.05, 3.63) is 28.8 Å². The molecule has 1 fully saturated rings. The van der Waals surface area contributed by atoms with E-state index < -0.39 is 17.6 Å². The predicted molar refractivity (Wildman–Crippen MR) is 65.1 cm³/mol. The van der Waals surface area contributed by atoms with Crippen LogP contribution in [-0.4, -0.2) is 30.3 Å². The van der Waals surface area contributed by atoms with Crippen molar-refractivity contribution in [2.24, 2.45) is 0 Å². The van der Waals surface area contributed by atoms with Gasteiger partial charge in [0.1, 0.15) is 5.75 Å². The molecular weight excluding hydrogens is 273 g/mol. The Kier molecular flexibility index (Phi) is 3.41. The molecule has 7 heteroatoms. The molecule has 110 valence electrons. The lowest BCUT2D eigenvalue weighted by atomic mass is 9.84. The first-order chi connectivity index (χ1) is 9.20. The Hall–Kier alpha value is -1.76. The number of phenolic OH excluding ortho intramolecular Hbond substituents is 1. The van der Waals surface area contributed by atoms with Crippen LogP contribution < -0.4 is 10.6 Å². The summed E-state index contributed by atoms with van der Waals surface area (Å²) in [7, 11) is 0. The number of aromatic hydroxyl groups is 1. The SMILES string of the molecule is Cc1cc([C@@]2(C(F)(F)F)[NH2+]CCNC2=O)cc(C)c1O. The number of hydrogen-bond acceptors (Lipinski definition) is 2. The first kappa shape index (κ1) is 14.6. The van der Waals surface area contributed by atoms with Crippen molar-refractivity contribution in [3.8, 4) is 5.75 Å². The highest BCUT2D eigenvalue weighted by molar-refractivity contribution is 5.87. The third kappa shape index (κ3) is 2.02. The summed E-state index contributed by atoms with van der Waals surface area (Å²) in [5.74, 6) is -1.12. The number of phenols is 1. The second-order valence-electron chi connectivity index (χ2n) is 5.01. The molecule has 1 aliphatic rings. The van der Waals surface area contributed by atoms with Crippen LogP contribution in [0.25, 0.3) is 0 Å². The number of halogens is 3. The van der Waals surface area contributed by atoms with Crippen molar-refractivity contribution in [1.82, 2.24) is 5.32 Å². The standard InChI is InChI=1S/C13H15F3N2O2/c1-7-5-9(6-8(2)10(7)19)12(13(14,15)16)11(20)17-3-4-18-12/h5-6,18-19H,3-4H2,1-2H3,(H,17,20)/p+1/t12-/m1/s1. The Morgan fingerprint density at radius 3 is 2.30 bits per heavy atom. The summed E-state index contributed by atoms with van der Waals surface area (Å²) < 4.78 is 40.6. The quantitative estimate of drug-likeness (QED) is 0.703. The first-order valence-electron chi connectivity index (χ1n) is 6.20. The minimum atomic E-state index is -4.73. The highest BCUT2D eigenvalue weighted by atomic mass is 19.4. The molecule has 0 unspecified atom stereocenters. The normalized spacial score (nSPS) is 23.6. The van der Waals surface area contributed by atoms with Crippen LogP contribution >= 0.6 is 0 Å². The molecule has 20 heavy (non-hydrogen) atoms. The number of amides is 1. The van der Waals surface area contributed by atoms with Gasteiger partial charge in [-0.15, -0.1) is 0 Å². The smallest absolute Gasteiger partial charge is 0.458 e. The van der Waals surface area contributed by atoms with Crippen molar-refractivity contribution in [3.63, 3.8) is 0 Å². The summed E-state index contributed by atoms with van der Waals surface area (Å²) >= 11 is 0. The van der Waals surface area contributed by atoms with E-state index in [-0.39, 0.29) is 24.4 Å². The third-order valence-electron chi connectivity index (χ3n) is 3.63. The average molecular weight is 289 g/mol. The van der Waals surface area contributed by atoms with E-state index in [4.69, 9.17) is 0 Å². The number of carbonyl (C=O) groups excluding carboxylic acids is 1. The number of carbonyl (C=O) groups is 1.